The molecule has 0 aliphatic carbocycles. The van der Waals surface area contributed by atoms with Crippen LogP contribution in [-0.2, 0) is 11.3 Å². The van der Waals surface area contributed by atoms with Crippen LogP contribution in [0.3, 0.4) is 0 Å². The minimum absolute atomic E-state index is 0.100. The zero-order chi connectivity index (χ0) is 20.5. The van der Waals surface area contributed by atoms with Crippen LogP contribution in [0.1, 0.15) is 5.56 Å². The van der Waals surface area contributed by atoms with Crippen molar-refractivity contribution < 1.29 is 28.5 Å². The Morgan fingerprint density at radius 2 is 1.46 bits per heavy atom. The van der Waals surface area contributed by atoms with E-state index in [1.807, 2.05) is 24.3 Å². The topological polar surface area (TPSA) is 75.3 Å². The molecular weight excluding hydrogens is 382 g/mol. The molecule has 152 valence electrons. The van der Waals surface area contributed by atoms with Crippen molar-refractivity contribution in [2.75, 3.05) is 41.3 Å². The standard InChI is InChI=1S/C20H25NO6S/c1-23-15-9-7-14(10-17(15)25-3)28-12-18(22)21-11-13-6-8-16(24-2)20(27-5)19(13)26-4/h6-10H,11-12H2,1-5H3,(H,21,22). The van der Waals surface area contributed by atoms with Crippen LogP contribution in [-0.4, -0.2) is 47.2 Å². The monoisotopic (exact) mass is 407 g/mol. The Morgan fingerprint density at radius 3 is 2.07 bits per heavy atom. The number of thioether (sulfide) groups is 1. The third-order valence-electron chi connectivity index (χ3n) is 3.99. The Bertz CT molecular complexity index is 812. The molecule has 0 bridgehead atoms. The Morgan fingerprint density at radius 1 is 0.821 bits per heavy atom. The van der Waals surface area contributed by atoms with Crippen molar-refractivity contribution in [1.29, 1.82) is 0 Å². The largest absolute Gasteiger partial charge is 0.493 e. The lowest BCUT2D eigenvalue weighted by Gasteiger charge is -2.16. The summed E-state index contributed by atoms with van der Waals surface area (Å²) in [7, 11) is 7.82. The van der Waals surface area contributed by atoms with Crippen LogP contribution < -0.4 is 29.0 Å². The smallest absolute Gasteiger partial charge is 0.230 e. The van der Waals surface area contributed by atoms with Crippen LogP contribution >= 0.6 is 11.8 Å². The Kier molecular flexibility index (Phi) is 8.13. The highest BCUT2D eigenvalue weighted by atomic mass is 32.2. The molecule has 2 aromatic carbocycles. The summed E-state index contributed by atoms with van der Waals surface area (Å²) in [4.78, 5) is 13.2. The molecule has 0 unspecified atom stereocenters. The summed E-state index contributed by atoms with van der Waals surface area (Å²) in [6.45, 7) is 0.314. The number of hydrogen-bond donors (Lipinski definition) is 1. The fraction of sp³-hybridized carbons (Fsp3) is 0.350. The summed E-state index contributed by atoms with van der Waals surface area (Å²) in [6, 6.07) is 9.15. The lowest BCUT2D eigenvalue weighted by atomic mass is 10.1. The number of ether oxygens (including phenoxy) is 5. The lowest BCUT2D eigenvalue weighted by Crippen LogP contribution is -2.24. The molecule has 1 amide bonds. The first-order valence-electron chi connectivity index (χ1n) is 8.47. The predicted molar refractivity (Wildman–Crippen MR) is 108 cm³/mol. The van der Waals surface area contributed by atoms with Gasteiger partial charge in [-0.25, -0.2) is 0 Å². The molecular formula is C20H25NO6S. The second kappa shape index (κ2) is 10.6. The molecule has 2 rings (SSSR count). The van der Waals surface area contributed by atoms with Gasteiger partial charge < -0.3 is 29.0 Å². The molecule has 7 nitrogen and oxygen atoms in total. The lowest BCUT2D eigenvalue weighted by molar-refractivity contribution is -0.118. The molecule has 0 spiro atoms. The molecule has 0 aliphatic rings. The van der Waals surface area contributed by atoms with Crippen LogP contribution in [0, 0.1) is 0 Å². The Balaban J connectivity index is 1.98. The van der Waals surface area contributed by atoms with E-state index in [9.17, 15) is 4.79 Å². The van der Waals surface area contributed by atoms with Gasteiger partial charge >= 0.3 is 0 Å². The Hall–Kier alpha value is -2.74. The van der Waals surface area contributed by atoms with Gasteiger partial charge in [-0.3, -0.25) is 4.79 Å². The zero-order valence-corrected chi connectivity index (χ0v) is 17.5. The highest BCUT2D eigenvalue weighted by molar-refractivity contribution is 8.00. The normalized spacial score (nSPS) is 10.2. The molecule has 1 N–H and O–H groups in total. The highest BCUT2D eigenvalue weighted by Crippen LogP contribution is 2.39. The maximum atomic E-state index is 12.3. The summed E-state index contributed by atoms with van der Waals surface area (Å²) in [5.74, 6) is 3.05. The SMILES string of the molecule is COc1ccc(SCC(=O)NCc2ccc(OC)c(OC)c2OC)cc1OC. The third-order valence-corrected chi connectivity index (χ3v) is 4.98. The van der Waals surface area contributed by atoms with Gasteiger partial charge in [0.1, 0.15) is 0 Å². The minimum Gasteiger partial charge on any atom is -0.493 e. The van der Waals surface area contributed by atoms with Gasteiger partial charge in [-0.1, -0.05) is 0 Å². The van der Waals surface area contributed by atoms with E-state index in [4.69, 9.17) is 23.7 Å². The van der Waals surface area contributed by atoms with Crippen LogP contribution in [0.25, 0.3) is 0 Å². The van der Waals surface area contributed by atoms with Gasteiger partial charge in [-0.15, -0.1) is 11.8 Å². The van der Waals surface area contributed by atoms with Gasteiger partial charge in [0, 0.05) is 17.0 Å². The molecule has 0 heterocycles. The van der Waals surface area contributed by atoms with Crippen molar-refractivity contribution in [3.8, 4) is 28.7 Å². The maximum Gasteiger partial charge on any atom is 0.230 e. The van der Waals surface area contributed by atoms with E-state index in [-0.39, 0.29) is 11.7 Å². The number of nitrogens with one attached hydrogen (secondary N) is 1. The number of hydrogen-bond acceptors (Lipinski definition) is 7. The summed E-state index contributed by atoms with van der Waals surface area (Å²) in [5.41, 5.74) is 0.796. The molecule has 8 heteroatoms. The van der Waals surface area contributed by atoms with Crippen molar-refractivity contribution in [2.24, 2.45) is 0 Å². The average molecular weight is 407 g/mol. The van der Waals surface area contributed by atoms with Gasteiger partial charge in [0.15, 0.2) is 23.0 Å². The molecule has 0 atom stereocenters. The van der Waals surface area contributed by atoms with Crippen molar-refractivity contribution in [3.63, 3.8) is 0 Å². The van der Waals surface area contributed by atoms with Crippen molar-refractivity contribution in [2.45, 2.75) is 11.4 Å². The van der Waals surface area contributed by atoms with Gasteiger partial charge in [0.05, 0.1) is 41.3 Å². The van der Waals surface area contributed by atoms with E-state index >= 15 is 0 Å². The van der Waals surface area contributed by atoms with E-state index in [1.54, 1.807) is 41.6 Å². The molecule has 2 aromatic rings. The third kappa shape index (κ3) is 5.16. The Labute approximate surface area is 169 Å². The number of methoxy groups -OCH3 is 5. The van der Waals surface area contributed by atoms with Gasteiger partial charge in [-0.2, -0.15) is 0 Å². The first-order chi connectivity index (χ1) is 13.6. The van der Waals surface area contributed by atoms with Gasteiger partial charge in [0.2, 0.25) is 11.7 Å². The average Bonchev–Trinajstić information content (AvgIpc) is 2.74. The second-order valence-corrected chi connectivity index (χ2v) is 6.62. The van der Waals surface area contributed by atoms with Crippen molar-refractivity contribution in [3.05, 3.63) is 35.9 Å². The molecule has 0 saturated carbocycles. The first kappa shape index (κ1) is 21.6. The van der Waals surface area contributed by atoms with Crippen LogP contribution in [0.4, 0.5) is 0 Å². The summed E-state index contributed by atoms with van der Waals surface area (Å²) in [6.07, 6.45) is 0. The van der Waals surface area contributed by atoms with Gasteiger partial charge in [0.25, 0.3) is 0 Å². The summed E-state index contributed by atoms with van der Waals surface area (Å²) < 4.78 is 26.6. The summed E-state index contributed by atoms with van der Waals surface area (Å²) in [5, 5.41) is 2.89. The first-order valence-corrected chi connectivity index (χ1v) is 9.45. The molecule has 28 heavy (non-hydrogen) atoms. The molecule has 0 saturated heterocycles. The van der Waals surface area contributed by atoms with E-state index in [0.717, 1.165) is 10.5 Å². The molecule has 0 aliphatic heterocycles. The number of benzene rings is 2. The van der Waals surface area contributed by atoms with Crippen molar-refractivity contribution in [1.82, 2.24) is 5.32 Å². The van der Waals surface area contributed by atoms with E-state index < -0.39 is 0 Å². The number of rotatable bonds is 10. The molecule has 0 radical (unpaired) electrons. The fourth-order valence-electron chi connectivity index (χ4n) is 2.60. The van der Waals surface area contributed by atoms with Crippen LogP contribution in [0.2, 0.25) is 0 Å². The van der Waals surface area contributed by atoms with E-state index in [1.165, 1.54) is 11.8 Å². The molecule has 0 aromatic heterocycles. The number of carbonyl (C=O) groups is 1. The summed E-state index contributed by atoms with van der Waals surface area (Å²) >= 11 is 1.41. The highest BCUT2D eigenvalue weighted by Gasteiger charge is 2.16. The van der Waals surface area contributed by atoms with Crippen LogP contribution in [0.5, 0.6) is 28.7 Å². The molecule has 0 fully saturated rings. The zero-order valence-electron chi connectivity index (χ0n) is 16.7. The minimum atomic E-state index is -0.100. The van der Waals surface area contributed by atoms with Crippen LogP contribution in [0.15, 0.2) is 35.2 Å². The van der Waals surface area contributed by atoms with E-state index in [0.29, 0.717) is 35.3 Å². The predicted octanol–water partition coefficient (Wildman–Crippen LogP) is 3.14. The van der Waals surface area contributed by atoms with Crippen molar-refractivity contribution >= 4 is 17.7 Å². The maximum absolute atomic E-state index is 12.3. The number of amides is 1. The fourth-order valence-corrected chi connectivity index (χ4v) is 3.36. The van der Waals surface area contributed by atoms with Gasteiger partial charge in [-0.05, 0) is 30.3 Å². The second-order valence-electron chi connectivity index (χ2n) is 5.58. The quantitative estimate of drug-likeness (QED) is 0.607. The van der Waals surface area contributed by atoms with E-state index in [2.05, 4.69) is 5.32 Å². The number of carbonyl (C=O) groups excluding carboxylic acids is 1.